The fourth-order valence-electron chi connectivity index (χ4n) is 3.94. The smallest absolute Gasteiger partial charge is 0.341 e. The molecule has 0 amide bonds. The van der Waals surface area contributed by atoms with Crippen molar-refractivity contribution in [3.05, 3.63) is 83.7 Å². The molecule has 0 saturated carbocycles. The molecule has 32 heavy (non-hydrogen) atoms. The van der Waals surface area contributed by atoms with Gasteiger partial charge in [0.2, 0.25) is 10.0 Å². The zero-order valence-electron chi connectivity index (χ0n) is 17.1. The number of ether oxygens (including phenoxy) is 1. The van der Waals surface area contributed by atoms with Gasteiger partial charge in [-0.1, -0.05) is 36.4 Å². The van der Waals surface area contributed by atoms with Crippen LogP contribution in [0.1, 0.15) is 30.0 Å². The van der Waals surface area contributed by atoms with E-state index in [4.69, 9.17) is 9.84 Å². The Bertz CT molecular complexity index is 1220. The van der Waals surface area contributed by atoms with Gasteiger partial charge >= 0.3 is 5.97 Å². The molecule has 6 nitrogen and oxygen atoms in total. The fourth-order valence-corrected chi connectivity index (χ4v) is 5.19. The van der Waals surface area contributed by atoms with Gasteiger partial charge in [0.1, 0.15) is 11.6 Å². The van der Waals surface area contributed by atoms with Crippen LogP contribution in [0.15, 0.2) is 71.6 Å². The average Bonchev–Trinajstić information content (AvgIpc) is 2.78. The Kier molecular flexibility index (Phi) is 6.25. The Balaban J connectivity index is 1.55. The molecule has 1 aliphatic rings. The normalized spacial score (nSPS) is 15.7. The van der Waals surface area contributed by atoms with E-state index in [1.165, 1.54) is 24.3 Å². The summed E-state index contributed by atoms with van der Waals surface area (Å²) < 4.78 is 47.4. The van der Waals surface area contributed by atoms with Gasteiger partial charge < -0.3 is 9.84 Å². The number of carbonyl (C=O) groups is 1. The monoisotopic (exact) mass is 455 g/mol. The van der Waals surface area contributed by atoms with Crippen molar-refractivity contribution in [2.24, 2.45) is 0 Å². The minimum atomic E-state index is -3.79. The highest BCUT2D eigenvalue weighted by molar-refractivity contribution is 7.89. The van der Waals surface area contributed by atoms with E-state index in [2.05, 4.69) is 4.72 Å². The topological polar surface area (TPSA) is 92.7 Å². The van der Waals surface area contributed by atoms with Crippen LogP contribution in [0.2, 0.25) is 0 Å². The molecule has 1 aliphatic carbocycles. The number of fused-ring (bicyclic) bond motifs is 1. The summed E-state index contributed by atoms with van der Waals surface area (Å²) in [6, 6.07) is 17.3. The molecule has 0 heterocycles. The number of rotatable bonds is 7. The van der Waals surface area contributed by atoms with Gasteiger partial charge in [0.25, 0.3) is 0 Å². The summed E-state index contributed by atoms with van der Waals surface area (Å²) >= 11 is 0. The highest BCUT2D eigenvalue weighted by Crippen LogP contribution is 2.36. The highest BCUT2D eigenvalue weighted by atomic mass is 32.2. The van der Waals surface area contributed by atoms with E-state index >= 15 is 0 Å². The van der Waals surface area contributed by atoms with E-state index in [1.807, 2.05) is 6.07 Å². The third kappa shape index (κ3) is 4.81. The summed E-state index contributed by atoms with van der Waals surface area (Å²) in [5, 5.41) is 8.88. The summed E-state index contributed by atoms with van der Waals surface area (Å²) in [5.41, 5.74) is 3.20. The van der Waals surface area contributed by atoms with Crippen LogP contribution in [0, 0.1) is 5.82 Å². The Hall–Kier alpha value is -3.23. The van der Waals surface area contributed by atoms with Crippen molar-refractivity contribution in [2.45, 2.75) is 30.2 Å². The molecule has 2 N–H and O–H groups in total. The average molecular weight is 456 g/mol. The molecule has 0 spiro atoms. The Morgan fingerprint density at radius 3 is 2.34 bits per heavy atom. The van der Waals surface area contributed by atoms with Crippen molar-refractivity contribution in [1.82, 2.24) is 4.72 Å². The quantitative estimate of drug-likeness (QED) is 0.554. The standard InChI is InChI=1S/C24H22FNO5S/c25-18-11-7-16(8-12-18)17-9-13-19(14-10-17)32(29,30)26-22-5-1-4-21-20(22)3-2-6-23(21)31-15-24(27)28/h2-3,6-14,22,26H,1,4-5,15H2,(H,27,28). The van der Waals surface area contributed by atoms with E-state index < -0.39 is 28.6 Å². The second kappa shape index (κ2) is 9.10. The predicted octanol–water partition coefficient (Wildman–Crippen LogP) is 4.31. The molecule has 3 aromatic rings. The molecule has 0 aliphatic heterocycles. The van der Waals surface area contributed by atoms with Gasteiger partial charge in [-0.05, 0) is 71.8 Å². The van der Waals surface area contributed by atoms with E-state index in [0.29, 0.717) is 18.6 Å². The molecular weight excluding hydrogens is 433 g/mol. The molecule has 0 fully saturated rings. The number of carboxylic acids is 1. The number of benzene rings is 3. The van der Waals surface area contributed by atoms with Crippen LogP contribution < -0.4 is 9.46 Å². The fraction of sp³-hybridized carbons (Fsp3) is 0.208. The number of sulfonamides is 1. The van der Waals surface area contributed by atoms with Gasteiger partial charge in [0.15, 0.2) is 6.61 Å². The number of carboxylic acid groups (broad SMARTS) is 1. The van der Waals surface area contributed by atoms with Crippen molar-refractivity contribution in [3.63, 3.8) is 0 Å². The minimum absolute atomic E-state index is 0.133. The van der Waals surface area contributed by atoms with Crippen LogP contribution in [0.25, 0.3) is 11.1 Å². The third-order valence-corrected chi connectivity index (χ3v) is 6.94. The van der Waals surface area contributed by atoms with Crippen LogP contribution in [-0.2, 0) is 21.2 Å². The zero-order valence-corrected chi connectivity index (χ0v) is 17.9. The lowest BCUT2D eigenvalue weighted by Crippen LogP contribution is -2.31. The molecule has 0 aromatic heterocycles. The SMILES string of the molecule is O=C(O)COc1cccc2c1CCCC2NS(=O)(=O)c1ccc(-c2ccc(F)cc2)cc1. The molecule has 0 saturated heterocycles. The van der Waals surface area contributed by atoms with Gasteiger partial charge in [0, 0.05) is 6.04 Å². The maximum atomic E-state index is 13.1. The van der Waals surface area contributed by atoms with Crippen LogP contribution in [0.4, 0.5) is 4.39 Å². The molecule has 0 bridgehead atoms. The Morgan fingerprint density at radius 2 is 1.69 bits per heavy atom. The Morgan fingerprint density at radius 1 is 1.03 bits per heavy atom. The van der Waals surface area contributed by atoms with Crippen LogP contribution in [0.3, 0.4) is 0 Å². The maximum absolute atomic E-state index is 13.1. The van der Waals surface area contributed by atoms with Crippen molar-refractivity contribution >= 4 is 16.0 Å². The minimum Gasteiger partial charge on any atom is -0.482 e. The van der Waals surface area contributed by atoms with E-state index in [-0.39, 0.29) is 10.7 Å². The van der Waals surface area contributed by atoms with Gasteiger partial charge in [-0.2, -0.15) is 0 Å². The number of nitrogens with one attached hydrogen (secondary N) is 1. The maximum Gasteiger partial charge on any atom is 0.341 e. The van der Waals surface area contributed by atoms with Crippen molar-refractivity contribution in [3.8, 4) is 16.9 Å². The first-order valence-electron chi connectivity index (χ1n) is 10.2. The van der Waals surface area contributed by atoms with Gasteiger partial charge in [-0.25, -0.2) is 22.3 Å². The summed E-state index contributed by atoms with van der Waals surface area (Å²) in [6.45, 7) is -0.451. The number of halogens is 1. The molecule has 0 radical (unpaired) electrons. The van der Waals surface area contributed by atoms with Crippen molar-refractivity contribution in [1.29, 1.82) is 0 Å². The molecule has 8 heteroatoms. The lowest BCUT2D eigenvalue weighted by Gasteiger charge is -2.27. The third-order valence-electron chi connectivity index (χ3n) is 5.45. The first kappa shape index (κ1) is 22.0. The van der Waals surface area contributed by atoms with Gasteiger partial charge in [0.05, 0.1) is 4.90 Å². The highest BCUT2D eigenvalue weighted by Gasteiger charge is 2.27. The summed E-state index contributed by atoms with van der Waals surface area (Å²) in [4.78, 5) is 11.0. The number of hydrogen-bond acceptors (Lipinski definition) is 4. The first-order chi connectivity index (χ1) is 15.3. The summed E-state index contributed by atoms with van der Waals surface area (Å²) in [7, 11) is -3.79. The second-order valence-electron chi connectivity index (χ2n) is 7.60. The predicted molar refractivity (Wildman–Crippen MR) is 117 cm³/mol. The van der Waals surface area contributed by atoms with Crippen LogP contribution in [-0.4, -0.2) is 26.1 Å². The lowest BCUT2D eigenvalue weighted by atomic mass is 9.87. The Labute approximate surface area is 185 Å². The molecule has 166 valence electrons. The number of hydrogen-bond donors (Lipinski definition) is 2. The summed E-state index contributed by atoms with van der Waals surface area (Å²) in [5.74, 6) is -0.932. The second-order valence-corrected chi connectivity index (χ2v) is 9.32. The molecule has 1 unspecified atom stereocenters. The molecule has 1 atom stereocenters. The van der Waals surface area contributed by atoms with E-state index in [9.17, 15) is 17.6 Å². The van der Waals surface area contributed by atoms with Crippen LogP contribution in [0.5, 0.6) is 5.75 Å². The van der Waals surface area contributed by atoms with E-state index in [1.54, 1.807) is 36.4 Å². The molecule has 4 rings (SSSR count). The summed E-state index contributed by atoms with van der Waals surface area (Å²) in [6.07, 6.45) is 2.06. The molecular formula is C24H22FNO5S. The lowest BCUT2D eigenvalue weighted by molar-refractivity contribution is -0.139. The van der Waals surface area contributed by atoms with Crippen molar-refractivity contribution in [2.75, 3.05) is 6.61 Å². The largest absolute Gasteiger partial charge is 0.482 e. The van der Waals surface area contributed by atoms with Crippen LogP contribution >= 0.6 is 0 Å². The van der Waals surface area contributed by atoms with E-state index in [0.717, 1.165) is 28.7 Å². The van der Waals surface area contributed by atoms with Gasteiger partial charge in [-0.3, -0.25) is 0 Å². The molecule has 3 aromatic carbocycles. The number of aliphatic carboxylic acids is 1. The zero-order chi connectivity index (χ0) is 22.7. The first-order valence-corrected chi connectivity index (χ1v) is 11.7. The van der Waals surface area contributed by atoms with Gasteiger partial charge in [-0.15, -0.1) is 0 Å². The van der Waals surface area contributed by atoms with Crippen molar-refractivity contribution < 1.29 is 27.4 Å².